The smallest absolute Gasteiger partial charge is 0.311 e. The molecule has 2 aromatic heterocycles. The van der Waals surface area contributed by atoms with Gasteiger partial charge in [-0.3, -0.25) is 14.3 Å². The van der Waals surface area contributed by atoms with Gasteiger partial charge in [0.05, 0.1) is 35.8 Å². The van der Waals surface area contributed by atoms with Gasteiger partial charge in [-0.05, 0) is 55.2 Å². The molecule has 0 unspecified atom stereocenters. The average Bonchev–Trinajstić information content (AvgIpc) is 3.60. The lowest BCUT2D eigenvalue weighted by Gasteiger charge is -2.31. The Kier molecular flexibility index (Phi) is 12.3. The maximum Gasteiger partial charge on any atom is 0.311 e. The van der Waals surface area contributed by atoms with Crippen molar-refractivity contribution in [2.75, 3.05) is 20.2 Å². The number of piperidine rings is 1. The van der Waals surface area contributed by atoms with E-state index in [-0.39, 0.29) is 41.6 Å². The second kappa shape index (κ2) is 15.1. The molecule has 8 nitrogen and oxygen atoms in total. The standard InChI is InChI=1S/C33H45ClN4O4S.C2H6/c1-9-33(6,7)25-16-22(15-24(30(25)41)32(3,4)5)29-26(18-34)43-31(35-29)21-10-12-37(13-11-21)27(39)19-38-20(2)14-23(36-38)17-28(40)42-8;1-2/h14-16,21,41H,9-13,17-19H2,1-8H3;1-2H3. The van der Waals surface area contributed by atoms with Gasteiger partial charge in [0.25, 0.3) is 0 Å². The van der Waals surface area contributed by atoms with Crippen molar-refractivity contribution in [2.45, 2.75) is 117 Å². The number of phenols is 1. The number of carbonyl (C=O) groups is 2. The number of likely N-dealkylation sites (tertiary alicyclic amines) is 1. The van der Waals surface area contributed by atoms with Crippen LogP contribution in [0.1, 0.15) is 113 Å². The molecule has 1 amide bonds. The van der Waals surface area contributed by atoms with Gasteiger partial charge in [0.1, 0.15) is 12.3 Å². The predicted octanol–water partition coefficient (Wildman–Crippen LogP) is 7.89. The summed E-state index contributed by atoms with van der Waals surface area (Å²) < 4.78 is 6.39. The summed E-state index contributed by atoms with van der Waals surface area (Å²) in [5.74, 6) is 0.636. The van der Waals surface area contributed by atoms with E-state index in [0.717, 1.165) is 57.2 Å². The second-order valence-electron chi connectivity index (χ2n) is 13.2. The summed E-state index contributed by atoms with van der Waals surface area (Å²) in [7, 11) is 1.35. The van der Waals surface area contributed by atoms with Crippen LogP contribution in [0, 0.1) is 6.92 Å². The Morgan fingerprint density at radius 1 is 1.09 bits per heavy atom. The molecule has 1 aliphatic heterocycles. The molecular formula is C35H51ClN4O4S. The van der Waals surface area contributed by atoms with Crippen LogP contribution in [0.4, 0.5) is 0 Å². The van der Waals surface area contributed by atoms with Crippen molar-refractivity contribution < 1.29 is 19.4 Å². The summed E-state index contributed by atoms with van der Waals surface area (Å²) in [4.78, 5) is 32.8. The number of thiazole rings is 1. The number of amides is 1. The molecule has 45 heavy (non-hydrogen) atoms. The first kappa shape index (κ1) is 36.6. The zero-order valence-corrected chi connectivity index (χ0v) is 30.3. The number of carbonyl (C=O) groups excluding carboxylic acids is 2. The molecule has 3 aromatic rings. The number of aryl methyl sites for hydroxylation is 1. The maximum atomic E-state index is 13.1. The van der Waals surface area contributed by atoms with Crippen LogP contribution in [-0.2, 0) is 44.0 Å². The van der Waals surface area contributed by atoms with Crippen LogP contribution in [0.2, 0.25) is 0 Å². The highest BCUT2D eigenvalue weighted by Gasteiger charge is 2.31. The van der Waals surface area contributed by atoms with Gasteiger partial charge in [0.15, 0.2) is 0 Å². The molecule has 0 aliphatic carbocycles. The zero-order chi connectivity index (χ0) is 33.7. The Bertz CT molecular complexity index is 1480. The number of alkyl halides is 1. The van der Waals surface area contributed by atoms with E-state index in [9.17, 15) is 14.7 Å². The third-order valence-corrected chi connectivity index (χ3v) is 10.4. The number of ether oxygens (including phenoxy) is 1. The van der Waals surface area contributed by atoms with Crippen LogP contribution in [0.5, 0.6) is 5.75 Å². The summed E-state index contributed by atoms with van der Waals surface area (Å²) in [6, 6.07) is 5.99. The normalized spacial score (nSPS) is 14.2. The Balaban J connectivity index is 0.00000271. The molecule has 0 saturated carbocycles. The molecule has 1 saturated heterocycles. The molecule has 0 radical (unpaired) electrons. The van der Waals surface area contributed by atoms with Crippen LogP contribution < -0.4 is 0 Å². The highest BCUT2D eigenvalue weighted by atomic mass is 35.5. The number of hydrogen-bond donors (Lipinski definition) is 1. The number of aromatic nitrogens is 3. The molecular weight excluding hydrogens is 608 g/mol. The molecule has 3 heterocycles. The van der Waals surface area contributed by atoms with Crippen molar-refractivity contribution in [1.29, 1.82) is 0 Å². The third-order valence-electron chi connectivity index (χ3n) is 8.71. The maximum absolute atomic E-state index is 13.1. The minimum absolute atomic E-state index is 0.0143. The SMILES string of the molecule is CC.CCC(C)(C)c1cc(-c2nc(C3CCN(C(=O)Cn4nc(CC(=O)OC)cc4C)CC3)sc2CCl)cc(C(C)(C)C)c1O. The first-order valence-electron chi connectivity index (χ1n) is 16.0. The summed E-state index contributed by atoms with van der Waals surface area (Å²) in [5.41, 5.74) is 4.72. The molecule has 1 N–H and O–H groups in total. The van der Waals surface area contributed by atoms with Crippen LogP contribution in [0.15, 0.2) is 18.2 Å². The number of hydrogen-bond acceptors (Lipinski definition) is 7. The molecule has 1 fully saturated rings. The third kappa shape index (κ3) is 8.47. The molecule has 248 valence electrons. The molecule has 1 aromatic carbocycles. The van der Waals surface area contributed by atoms with E-state index in [0.29, 0.717) is 30.4 Å². The van der Waals surface area contributed by atoms with Gasteiger partial charge in [-0.25, -0.2) is 4.98 Å². The largest absolute Gasteiger partial charge is 0.507 e. The topological polar surface area (TPSA) is 97.6 Å². The molecule has 0 atom stereocenters. The quantitative estimate of drug-likeness (QED) is 0.185. The Labute approximate surface area is 278 Å². The summed E-state index contributed by atoms with van der Waals surface area (Å²) in [6.45, 7) is 20.1. The fourth-order valence-electron chi connectivity index (χ4n) is 5.56. The number of nitrogens with zero attached hydrogens (tertiary/aromatic N) is 4. The lowest BCUT2D eigenvalue weighted by Crippen LogP contribution is -2.40. The van der Waals surface area contributed by atoms with Crippen molar-refractivity contribution in [3.05, 3.63) is 50.6 Å². The van der Waals surface area contributed by atoms with Crippen molar-refractivity contribution in [3.8, 4) is 17.0 Å². The number of methoxy groups -OCH3 is 1. The number of esters is 1. The molecule has 10 heteroatoms. The lowest BCUT2D eigenvalue weighted by atomic mass is 9.76. The van der Waals surface area contributed by atoms with Crippen LogP contribution >= 0.6 is 22.9 Å². The van der Waals surface area contributed by atoms with Gasteiger partial charge < -0.3 is 14.7 Å². The van der Waals surface area contributed by atoms with Gasteiger partial charge in [0, 0.05) is 46.3 Å². The Morgan fingerprint density at radius 2 is 1.71 bits per heavy atom. The van der Waals surface area contributed by atoms with E-state index in [1.807, 2.05) is 31.7 Å². The molecule has 0 bridgehead atoms. The van der Waals surface area contributed by atoms with E-state index >= 15 is 0 Å². The van der Waals surface area contributed by atoms with E-state index < -0.39 is 0 Å². The van der Waals surface area contributed by atoms with E-state index in [2.05, 4.69) is 58.8 Å². The molecule has 1 aliphatic rings. The number of phenolic OH excluding ortho intramolecular Hbond substituents is 1. The van der Waals surface area contributed by atoms with Gasteiger partial charge in [-0.1, -0.05) is 55.4 Å². The summed E-state index contributed by atoms with van der Waals surface area (Å²) in [6.07, 6.45) is 2.62. The number of benzene rings is 1. The number of rotatable bonds is 9. The number of aromatic hydroxyl groups is 1. The molecule has 4 rings (SSSR count). The highest BCUT2D eigenvalue weighted by molar-refractivity contribution is 7.12. The van der Waals surface area contributed by atoms with E-state index in [1.54, 1.807) is 16.0 Å². The van der Waals surface area contributed by atoms with Crippen LogP contribution in [-0.4, -0.2) is 56.8 Å². The second-order valence-corrected chi connectivity index (χ2v) is 14.6. The molecule has 0 spiro atoms. The highest BCUT2D eigenvalue weighted by Crippen LogP contribution is 2.45. The van der Waals surface area contributed by atoms with Crippen LogP contribution in [0.25, 0.3) is 11.3 Å². The Hall–Kier alpha value is -2.91. The van der Waals surface area contributed by atoms with Crippen molar-refractivity contribution in [2.24, 2.45) is 0 Å². The lowest BCUT2D eigenvalue weighted by molar-refractivity contribution is -0.139. The first-order chi connectivity index (χ1) is 21.2. The van der Waals surface area contributed by atoms with Crippen molar-refractivity contribution in [3.63, 3.8) is 0 Å². The fraction of sp³-hybridized carbons (Fsp3) is 0.600. The van der Waals surface area contributed by atoms with Crippen molar-refractivity contribution in [1.82, 2.24) is 19.7 Å². The fourth-order valence-corrected chi connectivity index (χ4v) is 6.96. The van der Waals surface area contributed by atoms with Gasteiger partial charge in [-0.15, -0.1) is 22.9 Å². The first-order valence-corrected chi connectivity index (χ1v) is 17.3. The van der Waals surface area contributed by atoms with E-state index in [1.165, 1.54) is 7.11 Å². The summed E-state index contributed by atoms with van der Waals surface area (Å²) >= 11 is 8.14. The average molecular weight is 659 g/mol. The van der Waals surface area contributed by atoms with Gasteiger partial charge in [-0.2, -0.15) is 5.10 Å². The summed E-state index contributed by atoms with van der Waals surface area (Å²) in [5, 5.41) is 16.8. The number of halogens is 1. The van der Waals surface area contributed by atoms with Gasteiger partial charge >= 0.3 is 5.97 Å². The van der Waals surface area contributed by atoms with E-state index in [4.69, 9.17) is 21.3 Å². The zero-order valence-electron chi connectivity index (χ0n) is 28.7. The Morgan fingerprint density at radius 3 is 2.27 bits per heavy atom. The van der Waals surface area contributed by atoms with Gasteiger partial charge in [0.2, 0.25) is 5.91 Å². The van der Waals surface area contributed by atoms with Crippen LogP contribution in [0.3, 0.4) is 0 Å². The minimum Gasteiger partial charge on any atom is -0.507 e. The van der Waals surface area contributed by atoms with Crippen molar-refractivity contribution >= 4 is 34.8 Å². The minimum atomic E-state index is -0.356. The monoisotopic (exact) mass is 658 g/mol. The predicted molar refractivity (Wildman–Crippen MR) is 183 cm³/mol.